The molecule has 0 aromatic carbocycles. The first-order chi connectivity index (χ1) is 12.0. The van der Waals surface area contributed by atoms with Crippen molar-refractivity contribution in [2.24, 2.45) is 0 Å². The summed E-state index contributed by atoms with van der Waals surface area (Å²) in [5.41, 5.74) is 1.11. The average Bonchev–Trinajstić information content (AvgIpc) is 2.63. The fourth-order valence-corrected chi connectivity index (χ4v) is 3.38. The molecule has 0 aliphatic carbocycles. The van der Waals surface area contributed by atoms with Crippen LogP contribution in [0.3, 0.4) is 0 Å². The number of piperidine rings is 1. The van der Waals surface area contributed by atoms with Gasteiger partial charge in [-0.2, -0.15) is 4.98 Å². The van der Waals surface area contributed by atoms with E-state index in [4.69, 9.17) is 0 Å². The summed E-state index contributed by atoms with van der Waals surface area (Å²) in [4.78, 5) is 20.3. The van der Waals surface area contributed by atoms with Crippen molar-refractivity contribution >= 4 is 27.7 Å². The Morgan fingerprint density at radius 2 is 2.04 bits per heavy atom. The summed E-state index contributed by atoms with van der Waals surface area (Å²) in [6.07, 6.45) is 6.04. The van der Waals surface area contributed by atoms with Crippen LogP contribution >= 0.6 is 15.9 Å². The molecule has 1 aliphatic heterocycles. The molecule has 1 unspecified atom stereocenters. The quantitative estimate of drug-likeness (QED) is 0.763. The molecule has 1 atom stereocenters. The van der Waals surface area contributed by atoms with Crippen LogP contribution < -0.4 is 9.80 Å². The second kappa shape index (κ2) is 8.10. The zero-order valence-corrected chi connectivity index (χ0v) is 16.6. The van der Waals surface area contributed by atoms with Gasteiger partial charge in [0.1, 0.15) is 5.82 Å². The lowest BCUT2D eigenvalue weighted by Gasteiger charge is -2.37. The van der Waals surface area contributed by atoms with Crippen LogP contribution in [-0.2, 0) is 6.54 Å². The van der Waals surface area contributed by atoms with E-state index in [0.717, 1.165) is 48.0 Å². The first-order valence-corrected chi connectivity index (χ1v) is 9.38. The Balaban J connectivity index is 1.66. The molecule has 0 spiro atoms. The smallest absolute Gasteiger partial charge is 0.227 e. The van der Waals surface area contributed by atoms with Crippen LogP contribution in [0, 0.1) is 0 Å². The number of likely N-dealkylation sites (N-methyl/N-ethyl adjacent to an activating group) is 1. The van der Waals surface area contributed by atoms with Gasteiger partial charge in [-0.3, -0.25) is 9.88 Å². The lowest BCUT2D eigenvalue weighted by atomic mass is 10.0. The number of pyridine rings is 1. The van der Waals surface area contributed by atoms with Crippen molar-refractivity contribution in [3.05, 3.63) is 40.8 Å². The Labute approximate surface area is 158 Å². The van der Waals surface area contributed by atoms with Gasteiger partial charge in [-0.05, 0) is 53.5 Å². The fourth-order valence-electron chi connectivity index (χ4n) is 3.14. The summed E-state index contributed by atoms with van der Waals surface area (Å²) < 4.78 is 1.02. The predicted octanol–water partition coefficient (Wildman–Crippen LogP) is 2.80. The highest BCUT2D eigenvalue weighted by atomic mass is 79.9. The normalized spacial score (nSPS) is 18.2. The minimum absolute atomic E-state index is 0.418. The van der Waals surface area contributed by atoms with Crippen molar-refractivity contribution in [3.8, 4) is 0 Å². The predicted molar refractivity (Wildman–Crippen MR) is 105 cm³/mol. The highest BCUT2D eigenvalue weighted by Crippen LogP contribution is 2.21. The van der Waals surface area contributed by atoms with Gasteiger partial charge in [0, 0.05) is 57.1 Å². The molecule has 0 saturated carbocycles. The lowest BCUT2D eigenvalue weighted by Crippen LogP contribution is -2.46. The molecule has 0 amide bonds. The van der Waals surface area contributed by atoms with Crippen LogP contribution in [0.1, 0.15) is 18.5 Å². The number of anilines is 2. The molecule has 7 heteroatoms. The molecule has 0 radical (unpaired) electrons. The van der Waals surface area contributed by atoms with Gasteiger partial charge in [-0.25, -0.2) is 4.98 Å². The monoisotopic (exact) mass is 404 g/mol. The minimum atomic E-state index is 0.418. The Bertz CT molecular complexity index is 690. The highest BCUT2D eigenvalue weighted by molar-refractivity contribution is 9.10. The molecule has 2 aromatic heterocycles. The maximum atomic E-state index is 4.67. The summed E-state index contributed by atoms with van der Waals surface area (Å²) in [5, 5.41) is 0. The molecule has 0 bridgehead atoms. The van der Waals surface area contributed by atoms with Crippen LogP contribution in [0.5, 0.6) is 0 Å². The van der Waals surface area contributed by atoms with Gasteiger partial charge in [0.05, 0.1) is 5.69 Å². The van der Waals surface area contributed by atoms with E-state index >= 15 is 0 Å². The molecule has 1 aliphatic rings. The minimum Gasteiger partial charge on any atom is -0.363 e. The first-order valence-electron chi connectivity index (χ1n) is 8.59. The third-order valence-corrected chi connectivity index (χ3v) is 5.07. The van der Waals surface area contributed by atoms with Crippen LogP contribution in [0.2, 0.25) is 0 Å². The molecule has 3 rings (SSSR count). The Morgan fingerprint density at radius 1 is 1.20 bits per heavy atom. The second-order valence-corrected chi connectivity index (χ2v) is 7.63. The van der Waals surface area contributed by atoms with Gasteiger partial charge in [0.25, 0.3) is 0 Å². The molecule has 134 valence electrons. The molecular weight excluding hydrogens is 380 g/mol. The lowest BCUT2D eigenvalue weighted by molar-refractivity contribution is 0.196. The van der Waals surface area contributed by atoms with Gasteiger partial charge in [0.15, 0.2) is 0 Å². The van der Waals surface area contributed by atoms with Crippen molar-refractivity contribution < 1.29 is 0 Å². The van der Waals surface area contributed by atoms with Gasteiger partial charge in [-0.15, -0.1) is 0 Å². The van der Waals surface area contributed by atoms with Crippen LogP contribution in [0.25, 0.3) is 0 Å². The highest BCUT2D eigenvalue weighted by Gasteiger charge is 2.25. The summed E-state index contributed by atoms with van der Waals surface area (Å²) >= 11 is 3.44. The van der Waals surface area contributed by atoms with Crippen LogP contribution in [0.4, 0.5) is 11.8 Å². The van der Waals surface area contributed by atoms with E-state index in [2.05, 4.69) is 59.9 Å². The molecule has 1 fully saturated rings. The molecule has 1 saturated heterocycles. The van der Waals surface area contributed by atoms with E-state index in [1.807, 2.05) is 37.5 Å². The summed E-state index contributed by atoms with van der Waals surface area (Å²) in [6.45, 7) is 3.00. The Hall–Kier alpha value is -1.73. The van der Waals surface area contributed by atoms with Crippen molar-refractivity contribution in [1.29, 1.82) is 0 Å². The number of hydrogen-bond donors (Lipinski definition) is 0. The third-order valence-electron chi connectivity index (χ3n) is 4.60. The molecule has 2 aromatic rings. The van der Waals surface area contributed by atoms with E-state index in [1.54, 1.807) is 0 Å². The van der Waals surface area contributed by atoms with Crippen molar-refractivity contribution in [1.82, 2.24) is 19.9 Å². The van der Waals surface area contributed by atoms with Gasteiger partial charge < -0.3 is 9.80 Å². The molecule has 3 heterocycles. The first kappa shape index (κ1) is 18.1. The Kier molecular flexibility index (Phi) is 5.86. The summed E-state index contributed by atoms with van der Waals surface area (Å²) in [5.74, 6) is 1.73. The van der Waals surface area contributed by atoms with Crippen molar-refractivity contribution in [2.45, 2.75) is 25.4 Å². The van der Waals surface area contributed by atoms with Crippen LogP contribution in [0.15, 0.2) is 35.1 Å². The zero-order valence-electron chi connectivity index (χ0n) is 15.1. The summed E-state index contributed by atoms with van der Waals surface area (Å²) in [7, 11) is 6.10. The van der Waals surface area contributed by atoms with E-state index < -0.39 is 0 Å². The van der Waals surface area contributed by atoms with Gasteiger partial charge in [0.2, 0.25) is 5.95 Å². The number of halogens is 1. The molecule has 0 N–H and O–H groups in total. The standard InChI is InChI=1S/C18H25BrN6/c1-23(2)17-8-9-20-18(22-17)24(3)16-5-4-10-25(13-16)12-15-7-6-14(19)11-21-15/h6-9,11,16H,4-5,10,12-13H2,1-3H3. The number of rotatable bonds is 5. The number of nitrogens with zero attached hydrogens (tertiary/aromatic N) is 6. The molecule has 6 nitrogen and oxygen atoms in total. The fraction of sp³-hybridized carbons (Fsp3) is 0.500. The van der Waals surface area contributed by atoms with E-state index in [0.29, 0.717) is 6.04 Å². The second-order valence-electron chi connectivity index (χ2n) is 6.72. The largest absolute Gasteiger partial charge is 0.363 e. The van der Waals surface area contributed by atoms with Crippen molar-refractivity contribution in [3.63, 3.8) is 0 Å². The van der Waals surface area contributed by atoms with Gasteiger partial charge >= 0.3 is 0 Å². The van der Waals surface area contributed by atoms with Crippen LogP contribution in [-0.4, -0.2) is 60.1 Å². The molecule has 25 heavy (non-hydrogen) atoms. The van der Waals surface area contributed by atoms with Gasteiger partial charge in [-0.1, -0.05) is 0 Å². The average molecular weight is 405 g/mol. The maximum absolute atomic E-state index is 4.67. The number of likely N-dealkylation sites (tertiary alicyclic amines) is 1. The SMILES string of the molecule is CN(C)c1ccnc(N(C)C2CCCN(Cc3ccc(Br)cn3)C2)n1. The number of hydrogen-bond acceptors (Lipinski definition) is 6. The number of aromatic nitrogens is 3. The Morgan fingerprint density at radius 3 is 2.76 bits per heavy atom. The topological polar surface area (TPSA) is 48.4 Å². The van der Waals surface area contributed by atoms with E-state index in [-0.39, 0.29) is 0 Å². The maximum Gasteiger partial charge on any atom is 0.227 e. The van der Waals surface area contributed by atoms with Crippen molar-refractivity contribution in [2.75, 3.05) is 44.0 Å². The van der Waals surface area contributed by atoms with E-state index in [1.165, 1.54) is 6.42 Å². The third kappa shape index (κ3) is 4.67. The van der Waals surface area contributed by atoms with E-state index in [9.17, 15) is 0 Å². The molecular formula is C18H25BrN6. The zero-order chi connectivity index (χ0) is 17.8. The summed E-state index contributed by atoms with van der Waals surface area (Å²) in [6, 6.07) is 6.49.